The third-order valence-electron chi connectivity index (χ3n) is 22.9. The van der Waals surface area contributed by atoms with Crippen LogP contribution in [0.1, 0.15) is 338 Å². The quantitative estimate of drug-likeness (QED) is 0.0581. The topological polar surface area (TPSA) is 243 Å². The number of rotatable bonds is 22. The van der Waals surface area contributed by atoms with Gasteiger partial charge in [0.25, 0.3) is 0 Å². The summed E-state index contributed by atoms with van der Waals surface area (Å²) in [5, 5.41) is 21.3. The lowest BCUT2D eigenvalue weighted by Gasteiger charge is -2.62. The third kappa shape index (κ3) is 23.3. The molecule has 2 saturated heterocycles. The molecule has 0 spiro atoms. The number of hydrogen-bond acceptors (Lipinski definition) is 18. The first-order valence-corrected chi connectivity index (χ1v) is 34.9. The summed E-state index contributed by atoms with van der Waals surface area (Å²) >= 11 is 0. The lowest BCUT2D eigenvalue weighted by molar-refractivity contribution is -0.264. The molecular formula is C80H150O18. The van der Waals surface area contributed by atoms with Gasteiger partial charge in [0.05, 0.1) is 51.0 Å². The number of ether oxygens (including phenoxy) is 9. The van der Waals surface area contributed by atoms with E-state index in [9.17, 15) is 43.8 Å². The molecule has 13 rings (SSSR count). The van der Waals surface area contributed by atoms with Crippen LogP contribution in [0.25, 0.3) is 0 Å². The maximum atomic E-state index is 12.9. The van der Waals surface area contributed by atoms with Crippen LogP contribution < -0.4 is 0 Å². The van der Waals surface area contributed by atoms with Crippen LogP contribution in [-0.4, -0.2) is 123 Å². The molecular weight excluding hydrogens is 1250 g/mol. The third-order valence-corrected chi connectivity index (χ3v) is 22.9. The number of carbonyl (C=O) groups excluding carboxylic acids is 7. The molecule has 13 aliphatic rings. The Kier molecular flexibility index (Phi) is 36.3. The molecule has 18 nitrogen and oxygen atoms in total. The minimum absolute atomic E-state index is 0. The second kappa shape index (κ2) is 37.0. The van der Waals surface area contributed by atoms with E-state index in [4.69, 9.17) is 42.6 Å². The standard InChI is InChI=1S/C25H42O6.C18H26O6.C16H26O4.C13H24O2.8CH4/c1-8-23(6,7)22(27)31-25-12-19-9-20(13-25)11-24(10-19,15-25)30-17(4)21(26)29-18(5)28-14-16(2)3;1-4-18(2,3)17(21)22-9-14(19)24-15-11-5-10-6-12(8-11)16(20)23-13(15)7-10;1-4-13(2,3)12(17)20-16-7-11-5-14(18,9-16)8-15(19,6-11)10-16;1-5-12(3,4)11(14)15-13(6-2)9-7-8-10-13;;;;;;;;/h16-20H,8-15H2,1-7H3;10-13,15H,4-9H2,1-3H3;11,18-19H,4-10H2,1-3H3;5-10H2,1-4H3;8*1H4. The normalized spacial score (nSPS) is 31.8. The zero-order valence-electron chi connectivity index (χ0n) is 58.4. The molecule has 13 fully saturated rings. The second-order valence-corrected chi connectivity index (χ2v) is 33.1. The molecule has 12 bridgehead atoms. The Morgan fingerprint density at radius 3 is 1.46 bits per heavy atom. The Hall–Kier alpha value is -3.87. The summed E-state index contributed by atoms with van der Waals surface area (Å²) in [5.41, 5.74) is -5.27. The van der Waals surface area contributed by atoms with Gasteiger partial charge in [0.15, 0.2) is 19.0 Å². The minimum Gasteiger partial charge on any atom is -0.459 e. The van der Waals surface area contributed by atoms with E-state index in [2.05, 4.69) is 20.8 Å². The van der Waals surface area contributed by atoms with Crippen LogP contribution in [0.15, 0.2) is 0 Å². The van der Waals surface area contributed by atoms with E-state index in [0.29, 0.717) is 62.4 Å². The van der Waals surface area contributed by atoms with Gasteiger partial charge in [-0.15, -0.1) is 0 Å². The maximum Gasteiger partial charge on any atom is 0.344 e. The molecule has 0 aromatic rings. The number of aliphatic hydroxyl groups is 2. The van der Waals surface area contributed by atoms with E-state index >= 15 is 0 Å². The van der Waals surface area contributed by atoms with Gasteiger partial charge in [0.1, 0.15) is 29.0 Å². The molecule has 0 radical (unpaired) electrons. The van der Waals surface area contributed by atoms with Gasteiger partial charge in [-0.3, -0.25) is 24.0 Å². The molecule has 578 valence electrons. The number of esters is 7. The predicted octanol–water partition coefficient (Wildman–Crippen LogP) is 18.2. The molecule has 11 unspecified atom stereocenters. The van der Waals surface area contributed by atoms with Gasteiger partial charge in [-0.2, -0.15) is 0 Å². The monoisotopic (exact) mass is 1400 g/mol. The van der Waals surface area contributed by atoms with Gasteiger partial charge < -0.3 is 52.8 Å². The van der Waals surface area contributed by atoms with Crippen molar-refractivity contribution in [3.63, 3.8) is 0 Å². The van der Waals surface area contributed by atoms with Gasteiger partial charge in [0.2, 0.25) is 0 Å². The van der Waals surface area contributed by atoms with Crippen molar-refractivity contribution in [2.24, 2.45) is 63.1 Å². The van der Waals surface area contributed by atoms with Crippen LogP contribution in [-0.2, 0) is 76.2 Å². The molecule has 11 atom stereocenters. The van der Waals surface area contributed by atoms with Crippen LogP contribution in [0.4, 0.5) is 0 Å². The highest BCUT2D eigenvalue weighted by Crippen LogP contribution is 2.62. The van der Waals surface area contributed by atoms with E-state index in [0.717, 1.165) is 109 Å². The zero-order chi connectivity index (χ0) is 66.8. The average Bonchev–Trinajstić information content (AvgIpc) is 0.870. The lowest BCUT2D eigenvalue weighted by atomic mass is 9.50. The van der Waals surface area contributed by atoms with Gasteiger partial charge in [-0.25, -0.2) is 9.59 Å². The van der Waals surface area contributed by atoms with Crippen molar-refractivity contribution >= 4 is 41.8 Å². The van der Waals surface area contributed by atoms with Crippen molar-refractivity contribution in [3.05, 3.63) is 0 Å². The first kappa shape index (κ1) is 96.2. The number of carbonyl (C=O) groups is 7. The SMILES string of the molecule is C.C.C.C.C.C.C.C.CCC(C)(C)C(=O)OC12CC3CC(C1)CC(OC(C)C(=O)OC(C)OCC(C)C)(C3)C2.CCC(C)(C)C(=O)OC12CC3CC(O)(CC(O)(C3)C1)C2.CCC(C)(C)C(=O)OCC(=O)OC1C2CC3CC(C2)C(=O)OC1C3.CCC1(OC(=O)C(C)(C)CC)CCCC1. The zero-order valence-corrected chi connectivity index (χ0v) is 58.4. The van der Waals surface area contributed by atoms with Gasteiger partial charge in [-0.1, -0.05) is 108 Å². The van der Waals surface area contributed by atoms with Crippen LogP contribution in [0.2, 0.25) is 0 Å². The Morgan fingerprint density at radius 2 is 0.990 bits per heavy atom. The molecule has 0 aromatic carbocycles. The van der Waals surface area contributed by atoms with Crippen molar-refractivity contribution in [3.8, 4) is 0 Å². The summed E-state index contributed by atoms with van der Waals surface area (Å²) in [6, 6.07) is 0. The van der Waals surface area contributed by atoms with Crippen LogP contribution in [0, 0.1) is 63.1 Å². The first-order valence-electron chi connectivity index (χ1n) is 34.9. The summed E-state index contributed by atoms with van der Waals surface area (Å²) in [7, 11) is 0. The van der Waals surface area contributed by atoms with Crippen molar-refractivity contribution in [2.45, 2.75) is 396 Å². The summed E-state index contributed by atoms with van der Waals surface area (Å²) in [6.45, 7) is 33.0. The summed E-state index contributed by atoms with van der Waals surface area (Å²) < 4.78 is 51.5. The van der Waals surface area contributed by atoms with Crippen LogP contribution in [0.5, 0.6) is 0 Å². The first-order chi connectivity index (χ1) is 41.7. The molecule has 18 heteroatoms. The van der Waals surface area contributed by atoms with Crippen LogP contribution >= 0.6 is 0 Å². The van der Waals surface area contributed by atoms with Crippen molar-refractivity contribution in [1.82, 2.24) is 0 Å². The largest absolute Gasteiger partial charge is 0.459 e. The van der Waals surface area contributed by atoms with E-state index in [1.54, 1.807) is 27.7 Å². The average molecular weight is 1400 g/mol. The van der Waals surface area contributed by atoms with Crippen molar-refractivity contribution in [2.75, 3.05) is 13.2 Å². The molecule has 0 amide bonds. The molecule has 2 heterocycles. The highest BCUT2D eigenvalue weighted by molar-refractivity contribution is 5.80. The Labute approximate surface area is 597 Å². The summed E-state index contributed by atoms with van der Waals surface area (Å²) in [4.78, 5) is 86.0. The molecule has 11 saturated carbocycles. The Balaban J connectivity index is 0. The Bertz CT molecular complexity index is 2510. The fraction of sp³-hybridized carbons (Fsp3) is 0.912. The molecule has 11 aliphatic carbocycles. The van der Waals surface area contributed by atoms with Gasteiger partial charge in [0, 0.05) is 31.6 Å². The fourth-order valence-corrected chi connectivity index (χ4v) is 16.8. The molecule has 2 N–H and O–H groups in total. The van der Waals surface area contributed by atoms with E-state index in [1.807, 2.05) is 69.2 Å². The predicted molar refractivity (Wildman–Crippen MR) is 390 cm³/mol. The second-order valence-electron chi connectivity index (χ2n) is 33.1. The van der Waals surface area contributed by atoms with Crippen molar-refractivity contribution < 1.29 is 86.4 Å². The highest BCUT2D eigenvalue weighted by Gasteiger charge is 2.65. The van der Waals surface area contributed by atoms with Gasteiger partial charge in [-0.05, 0) is 234 Å². The fourth-order valence-electron chi connectivity index (χ4n) is 16.8. The minimum atomic E-state index is -0.842. The molecule has 98 heavy (non-hydrogen) atoms. The maximum absolute atomic E-state index is 12.9. The number of hydrogen-bond donors (Lipinski definition) is 2. The van der Waals surface area contributed by atoms with Crippen molar-refractivity contribution in [1.29, 1.82) is 0 Å². The van der Waals surface area contributed by atoms with Crippen LogP contribution in [0.3, 0.4) is 0 Å². The smallest absolute Gasteiger partial charge is 0.344 e. The molecule has 2 aliphatic heterocycles. The highest BCUT2D eigenvalue weighted by atomic mass is 16.7. The molecule has 0 aromatic heterocycles. The van der Waals surface area contributed by atoms with E-state index in [1.165, 1.54) is 19.3 Å². The van der Waals surface area contributed by atoms with Gasteiger partial charge >= 0.3 is 41.8 Å². The van der Waals surface area contributed by atoms with E-state index < -0.39 is 80.7 Å². The lowest BCUT2D eigenvalue weighted by Crippen LogP contribution is -2.67. The summed E-state index contributed by atoms with van der Waals surface area (Å²) in [5.74, 6) is 0.368. The van der Waals surface area contributed by atoms with E-state index in [-0.39, 0.29) is 125 Å². The number of fused-ring (bicyclic) bond motifs is 1. The Morgan fingerprint density at radius 1 is 0.531 bits per heavy atom. The summed E-state index contributed by atoms with van der Waals surface area (Å²) in [6.07, 6.45) is 19.0.